The van der Waals surface area contributed by atoms with Crippen LogP contribution in [0.25, 0.3) is 11.4 Å². The van der Waals surface area contributed by atoms with Crippen molar-refractivity contribution in [2.24, 2.45) is 5.41 Å². The molecule has 3 heterocycles. The number of rotatable bonds is 5. The summed E-state index contributed by atoms with van der Waals surface area (Å²) in [5.41, 5.74) is 0.562. The van der Waals surface area contributed by atoms with Crippen LogP contribution in [0.4, 0.5) is 4.39 Å². The number of carbonyl (C=O) groups excluding carboxylic acids is 1. The number of benzene rings is 1. The molecule has 1 aromatic carbocycles. The van der Waals surface area contributed by atoms with Crippen LogP contribution in [0.5, 0.6) is 0 Å². The molecule has 2 aliphatic heterocycles. The number of carbonyl (C=O) groups is 1. The second-order valence-corrected chi connectivity index (χ2v) is 7.40. The molecule has 28 heavy (non-hydrogen) atoms. The number of amides is 1. The molecular weight excluding hydrogens is 365 g/mol. The molecule has 1 atom stereocenters. The maximum atomic E-state index is 13.2. The topological polar surface area (TPSA) is 77.7 Å². The largest absolute Gasteiger partial charge is 0.381 e. The zero-order chi connectivity index (χ0) is 19.6. The summed E-state index contributed by atoms with van der Waals surface area (Å²) in [7, 11) is 0. The van der Waals surface area contributed by atoms with Crippen molar-refractivity contribution in [3.05, 3.63) is 36.0 Å². The van der Waals surface area contributed by atoms with Crippen molar-refractivity contribution in [3.8, 4) is 11.4 Å². The maximum absolute atomic E-state index is 13.2. The van der Waals surface area contributed by atoms with Crippen molar-refractivity contribution < 1.29 is 23.2 Å². The van der Waals surface area contributed by atoms with Crippen LogP contribution in [-0.2, 0) is 14.3 Å². The third-order valence-electron chi connectivity index (χ3n) is 5.76. The van der Waals surface area contributed by atoms with E-state index in [-0.39, 0.29) is 29.7 Å². The minimum Gasteiger partial charge on any atom is -0.381 e. The van der Waals surface area contributed by atoms with Crippen LogP contribution in [-0.4, -0.2) is 60.5 Å². The molecule has 1 aromatic heterocycles. The summed E-state index contributed by atoms with van der Waals surface area (Å²) in [6.07, 6.45) is 1.68. The van der Waals surface area contributed by atoms with Crippen LogP contribution >= 0.6 is 0 Å². The van der Waals surface area contributed by atoms with Gasteiger partial charge in [-0.2, -0.15) is 4.98 Å². The lowest BCUT2D eigenvalue weighted by molar-refractivity contribution is -0.135. The Morgan fingerprint density at radius 3 is 2.79 bits per heavy atom. The Kier molecular flexibility index (Phi) is 5.41. The molecule has 150 valence electrons. The molecule has 0 radical (unpaired) electrons. The fourth-order valence-corrected chi connectivity index (χ4v) is 4.16. The summed E-state index contributed by atoms with van der Waals surface area (Å²) in [6.45, 7) is 4.94. The minimum atomic E-state index is -0.312. The zero-order valence-corrected chi connectivity index (χ0v) is 15.9. The predicted octanol–water partition coefficient (Wildman–Crippen LogP) is 2.63. The van der Waals surface area contributed by atoms with Crippen LogP contribution < -0.4 is 0 Å². The van der Waals surface area contributed by atoms with Crippen LogP contribution in [0.15, 0.2) is 28.8 Å². The molecule has 1 amide bonds. The van der Waals surface area contributed by atoms with Crippen molar-refractivity contribution in [1.29, 1.82) is 0 Å². The third-order valence-corrected chi connectivity index (χ3v) is 5.76. The van der Waals surface area contributed by atoms with Gasteiger partial charge in [-0.15, -0.1) is 0 Å². The maximum Gasteiger partial charge on any atom is 0.248 e. The van der Waals surface area contributed by atoms with Gasteiger partial charge in [-0.05, 0) is 44.0 Å². The molecule has 0 N–H and O–H groups in total. The van der Waals surface area contributed by atoms with E-state index >= 15 is 0 Å². The summed E-state index contributed by atoms with van der Waals surface area (Å²) in [4.78, 5) is 19.0. The summed E-state index contributed by atoms with van der Waals surface area (Å²) in [5.74, 6) is 0.564. The van der Waals surface area contributed by atoms with Gasteiger partial charge >= 0.3 is 0 Å². The van der Waals surface area contributed by atoms with E-state index in [9.17, 15) is 9.18 Å². The van der Waals surface area contributed by atoms with Crippen molar-refractivity contribution in [1.82, 2.24) is 15.0 Å². The van der Waals surface area contributed by atoms with Crippen molar-refractivity contribution >= 4 is 5.91 Å². The first-order chi connectivity index (χ1) is 13.6. The Balaban J connectivity index is 1.59. The molecule has 4 rings (SSSR count). The lowest BCUT2D eigenvalue weighted by atomic mass is 9.72. The van der Waals surface area contributed by atoms with Gasteiger partial charge in [0.1, 0.15) is 12.4 Å². The predicted molar refractivity (Wildman–Crippen MR) is 98.0 cm³/mol. The first-order valence-electron chi connectivity index (χ1n) is 9.64. The highest BCUT2D eigenvalue weighted by Crippen LogP contribution is 2.49. The van der Waals surface area contributed by atoms with E-state index in [1.54, 1.807) is 12.1 Å². The zero-order valence-electron chi connectivity index (χ0n) is 15.9. The number of hydrogen-bond donors (Lipinski definition) is 0. The van der Waals surface area contributed by atoms with Crippen molar-refractivity contribution in [2.75, 3.05) is 39.5 Å². The molecule has 0 aliphatic carbocycles. The Labute approximate surface area is 162 Å². The van der Waals surface area contributed by atoms with Crippen LogP contribution in [0.1, 0.15) is 31.6 Å². The van der Waals surface area contributed by atoms with E-state index < -0.39 is 0 Å². The molecule has 1 spiro atoms. The molecule has 0 unspecified atom stereocenters. The lowest BCUT2D eigenvalue weighted by Gasteiger charge is -2.36. The fourth-order valence-electron chi connectivity index (χ4n) is 4.16. The van der Waals surface area contributed by atoms with E-state index in [1.807, 2.05) is 11.8 Å². The molecule has 7 nitrogen and oxygen atoms in total. The Morgan fingerprint density at radius 2 is 2.07 bits per heavy atom. The van der Waals surface area contributed by atoms with Gasteiger partial charge in [0.15, 0.2) is 0 Å². The molecule has 0 bridgehead atoms. The lowest BCUT2D eigenvalue weighted by Crippen LogP contribution is -2.38. The summed E-state index contributed by atoms with van der Waals surface area (Å²) < 4.78 is 29.6. The molecular formula is C20H24FN3O4. The normalized spacial score (nSPS) is 21.4. The van der Waals surface area contributed by atoms with Crippen LogP contribution in [0, 0.1) is 11.2 Å². The first-order valence-corrected chi connectivity index (χ1v) is 9.64. The van der Waals surface area contributed by atoms with E-state index in [2.05, 4.69) is 10.1 Å². The van der Waals surface area contributed by atoms with E-state index in [0.717, 1.165) is 12.8 Å². The van der Waals surface area contributed by atoms with Gasteiger partial charge in [0.25, 0.3) is 0 Å². The van der Waals surface area contributed by atoms with Gasteiger partial charge in [0.2, 0.25) is 17.6 Å². The van der Waals surface area contributed by atoms with Crippen molar-refractivity contribution in [2.45, 2.75) is 25.7 Å². The second kappa shape index (κ2) is 7.97. The molecule has 2 fully saturated rings. The summed E-state index contributed by atoms with van der Waals surface area (Å²) in [6, 6.07) is 5.99. The minimum absolute atomic E-state index is 0.0199. The van der Waals surface area contributed by atoms with Crippen LogP contribution in [0.3, 0.4) is 0 Å². The van der Waals surface area contributed by atoms with E-state index in [0.29, 0.717) is 50.2 Å². The molecule has 2 aliphatic rings. The highest BCUT2D eigenvalue weighted by Gasteiger charge is 2.51. The number of likely N-dealkylation sites (tertiary alicyclic amines) is 1. The van der Waals surface area contributed by atoms with Gasteiger partial charge in [-0.3, -0.25) is 4.79 Å². The fraction of sp³-hybridized carbons (Fsp3) is 0.550. The number of ether oxygens (including phenoxy) is 2. The van der Waals surface area contributed by atoms with E-state index in [1.165, 1.54) is 12.1 Å². The third kappa shape index (κ3) is 3.66. The highest BCUT2D eigenvalue weighted by atomic mass is 19.1. The molecule has 2 aromatic rings. The van der Waals surface area contributed by atoms with Gasteiger partial charge in [-0.1, -0.05) is 5.16 Å². The Bertz CT molecular complexity index is 817. The molecule has 0 saturated carbocycles. The monoisotopic (exact) mass is 389 g/mol. The smallest absolute Gasteiger partial charge is 0.248 e. The molecule has 8 heteroatoms. The quantitative estimate of drug-likeness (QED) is 0.782. The van der Waals surface area contributed by atoms with Crippen molar-refractivity contribution in [3.63, 3.8) is 0 Å². The first kappa shape index (κ1) is 19.0. The summed E-state index contributed by atoms with van der Waals surface area (Å²) >= 11 is 0. The van der Waals surface area contributed by atoms with Gasteiger partial charge in [0, 0.05) is 43.9 Å². The SMILES string of the molecule is CCOCC(=O)N1C[C@@H](c2nc(-c3ccc(F)cc3)no2)C2(CCOCC2)C1. The van der Waals surface area contributed by atoms with Gasteiger partial charge in [-0.25, -0.2) is 4.39 Å². The standard InChI is InChI=1S/C20H24FN3O4/c1-2-26-12-17(25)24-11-16(20(13-24)7-9-27-10-8-20)19-22-18(23-28-19)14-3-5-15(21)6-4-14/h3-6,16H,2,7-13H2,1H3/t16-/m0/s1. The highest BCUT2D eigenvalue weighted by molar-refractivity contribution is 5.78. The van der Waals surface area contributed by atoms with Gasteiger partial charge in [0.05, 0.1) is 5.92 Å². The average molecular weight is 389 g/mol. The number of hydrogen-bond acceptors (Lipinski definition) is 6. The number of aromatic nitrogens is 2. The second-order valence-electron chi connectivity index (χ2n) is 7.40. The number of nitrogens with zero attached hydrogens (tertiary/aromatic N) is 3. The van der Waals surface area contributed by atoms with E-state index in [4.69, 9.17) is 14.0 Å². The Morgan fingerprint density at radius 1 is 1.32 bits per heavy atom. The van der Waals surface area contributed by atoms with Crippen LogP contribution in [0.2, 0.25) is 0 Å². The van der Waals surface area contributed by atoms with Gasteiger partial charge < -0.3 is 18.9 Å². The summed E-state index contributed by atoms with van der Waals surface area (Å²) in [5, 5.41) is 4.09. The average Bonchev–Trinajstić information content (AvgIpc) is 3.33. The number of halogens is 1. The molecule has 2 saturated heterocycles. The Hall–Kier alpha value is -2.32.